The molecule has 1 aromatic carbocycles. The van der Waals surface area contributed by atoms with Crippen molar-refractivity contribution in [2.45, 2.75) is 25.7 Å². The number of para-hydroxylation sites is 1. The van der Waals surface area contributed by atoms with Crippen molar-refractivity contribution < 1.29 is 14.6 Å². The van der Waals surface area contributed by atoms with Gasteiger partial charge in [0.2, 0.25) is 0 Å². The molecule has 4 nitrogen and oxygen atoms in total. The van der Waals surface area contributed by atoms with Gasteiger partial charge in [0.1, 0.15) is 17.9 Å². The molecule has 0 spiro atoms. The van der Waals surface area contributed by atoms with Crippen molar-refractivity contribution in [3.05, 3.63) is 29.8 Å². The first-order chi connectivity index (χ1) is 9.71. The first-order valence-corrected chi connectivity index (χ1v) is 7.37. The highest BCUT2D eigenvalue weighted by Gasteiger charge is 2.53. The highest BCUT2D eigenvalue weighted by molar-refractivity contribution is 5.90. The Balaban J connectivity index is 1.40. The van der Waals surface area contributed by atoms with Crippen LogP contribution in [-0.4, -0.2) is 30.8 Å². The molecular formula is C16H21NO3. The minimum atomic E-state index is -0.945. The molecule has 2 aliphatic rings. The number of ether oxygens (including phenoxy) is 1. The van der Waals surface area contributed by atoms with Crippen LogP contribution in [0.4, 0.5) is 0 Å². The number of carbonyl (C=O) groups is 1. The number of rotatable bonds is 8. The molecule has 2 aliphatic carbocycles. The van der Waals surface area contributed by atoms with E-state index in [9.17, 15) is 4.79 Å². The number of carboxylic acids is 1. The maximum absolute atomic E-state index is 11.0. The summed E-state index contributed by atoms with van der Waals surface area (Å²) in [6.07, 6.45) is 5.55. The first kappa shape index (κ1) is 13.4. The summed E-state index contributed by atoms with van der Waals surface area (Å²) in [5, 5.41) is 12.5. The summed E-state index contributed by atoms with van der Waals surface area (Å²) in [7, 11) is 0. The second kappa shape index (κ2) is 5.44. The molecule has 0 saturated heterocycles. The molecule has 2 fully saturated rings. The highest BCUT2D eigenvalue weighted by atomic mass is 16.5. The Hall–Kier alpha value is -1.55. The smallest absolute Gasteiger partial charge is 0.339 e. The summed E-state index contributed by atoms with van der Waals surface area (Å²) in [4.78, 5) is 11.0. The van der Waals surface area contributed by atoms with Crippen LogP contribution in [0.2, 0.25) is 0 Å². The summed E-state index contributed by atoms with van der Waals surface area (Å²) in [6, 6.07) is 6.77. The number of nitrogens with one attached hydrogen (secondary N) is 1. The van der Waals surface area contributed by atoms with Crippen molar-refractivity contribution in [1.82, 2.24) is 5.32 Å². The van der Waals surface area contributed by atoms with Gasteiger partial charge in [-0.25, -0.2) is 4.79 Å². The first-order valence-electron chi connectivity index (χ1n) is 7.37. The molecule has 0 aliphatic heterocycles. The van der Waals surface area contributed by atoms with Gasteiger partial charge < -0.3 is 15.2 Å². The van der Waals surface area contributed by atoms with Crippen molar-refractivity contribution in [3.63, 3.8) is 0 Å². The molecule has 108 valence electrons. The molecule has 0 radical (unpaired) electrons. The molecule has 0 unspecified atom stereocenters. The number of benzene rings is 1. The fourth-order valence-corrected chi connectivity index (χ4v) is 2.93. The lowest BCUT2D eigenvalue weighted by Gasteiger charge is -2.15. The Bertz CT molecular complexity index is 492. The van der Waals surface area contributed by atoms with E-state index < -0.39 is 5.97 Å². The number of hydrogen-bond donors (Lipinski definition) is 2. The van der Waals surface area contributed by atoms with E-state index in [4.69, 9.17) is 9.84 Å². The molecule has 2 N–H and O–H groups in total. The second-order valence-corrected chi connectivity index (χ2v) is 5.96. The van der Waals surface area contributed by atoms with E-state index in [2.05, 4.69) is 5.32 Å². The zero-order chi connectivity index (χ0) is 14.0. The van der Waals surface area contributed by atoms with Gasteiger partial charge in [-0.1, -0.05) is 12.1 Å². The van der Waals surface area contributed by atoms with Crippen molar-refractivity contribution >= 4 is 5.97 Å². The predicted molar refractivity (Wildman–Crippen MR) is 76.2 cm³/mol. The third-order valence-corrected chi connectivity index (χ3v) is 4.47. The zero-order valence-corrected chi connectivity index (χ0v) is 11.6. The summed E-state index contributed by atoms with van der Waals surface area (Å²) in [6.45, 7) is 2.36. The van der Waals surface area contributed by atoms with Crippen LogP contribution >= 0.6 is 0 Å². The van der Waals surface area contributed by atoms with E-state index in [0.717, 1.165) is 19.0 Å². The quantitative estimate of drug-likeness (QED) is 0.716. The predicted octanol–water partition coefficient (Wildman–Crippen LogP) is 2.54. The average molecular weight is 275 g/mol. The van der Waals surface area contributed by atoms with Crippen LogP contribution in [0.5, 0.6) is 5.75 Å². The maximum Gasteiger partial charge on any atom is 0.339 e. The van der Waals surface area contributed by atoms with Crippen molar-refractivity contribution in [3.8, 4) is 5.75 Å². The number of aromatic carboxylic acids is 1. The van der Waals surface area contributed by atoms with Gasteiger partial charge >= 0.3 is 5.97 Å². The fourth-order valence-electron chi connectivity index (χ4n) is 2.93. The van der Waals surface area contributed by atoms with E-state index in [1.807, 2.05) is 0 Å². The Morgan fingerprint density at radius 2 is 2.10 bits per heavy atom. The standard InChI is InChI=1S/C16H21NO3/c18-15(19)13-3-1-2-4-14(13)20-10-9-17-11-16(7-8-16)12-5-6-12/h1-4,12,17H,5-11H2,(H,18,19). The lowest BCUT2D eigenvalue weighted by Crippen LogP contribution is -2.29. The van der Waals surface area contributed by atoms with E-state index in [1.165, 1.54) is 25.7 Å². The van der Waals surface area contributed by atoms with Gasteiger partial charge in [-0.15, -0.1) is 0 Å². The molecule has 0 amide bonds. The third-order valence-electron chi connectivity index (χ3n) is 4.47. The van der Waals surface area contributed by atoms with Crippen LogP contribution in [0.3, 0.4) is 0 Å². The summed E-state index contributed by atoms with van der Waals surface area (Å²) >= 11 is 0. The minimum absolute atomic E-state index is 0.226. The van der Waals surface area contributed by atoms with Gasteiger partial charge in [-0.3, -0.25) is 0 Å². The number of hydrogen-bond acceptors (Lipinski definition) is 3. The molecule has 3 rings (SSSR count). The van der Waals surface area contributed by atoms with E-state index in [1.54, 1.807) is 24.3 Å². The molecule has 2 saturated carbocycles. The van der Waals surface area contributed by atoms with Crippen molar-refractivity contribution in [2.24, 2.45) is 11.3 Å². The number of carboxylic acid groups (broad SMARTS) is 1. The Kier molecular flexibility index (Phi) is 3.66. The summed E-state index contributed by atoms with van der Waals surface area (Å²) in [5.74, 6) is 0.466. The van der Waals surface area contributed by atoms with Gasteiger partial charge in [0.15, 0.2) is 0 Å². The summed E-state index contributed by atoms with van der Waals surface area (Å²) < 4.78 is 5.57. The van der Waals surface area contributed by atoms with Crippen LogP contribution in [0, 0.1) is 11.3 Å². The van der Waals surface area contributed by atoms with Crippen LogP contribution in [0.15, 0.2) is 24.3 Å². The molecular weight excluding hydrogens is 254 g/mol. The van der Waals surface area contributed by atoms with Gasteiger partial charge in [-0.05, 0) is 49.1 Å². The Labute approximate surface area is 119 Å². The Morgan fingerprint density at radius 1 is 1.35 bits per heavy atom. The van der Waals surface area contributed by atoms with Crippen LogP contribution in [0.1, 0.15) is 36.0 Å². The minimum Gasteiger partial charge on any atom is -0.491 e. The van der Waals surface area contributed by atoms with Gasteiger partial charge in [0.05, 0.1) is 0 Å². The lowest BCUT2D eigenvalue weighted by molar-refractivity contribution is 0.0692. The van der Waals surface area contributed by atoms with Crippen LogP contribution in [0.25, 0.3) is 0 Å². The van der Waals surface area contributed by atoms with Gasteiger partial charge in [-0.2, -0.15) is 0 Å². The Morgan fingerprint density at radius 3 is 2.75 bits per heavy atom. The molecule has 0 bridgehead atoms. The molecule has 20 heavy (non-hydrogen) atoms. The summed E-state index contributed by atoms with van der Waals surface area (Å²) in [5.41, 5.74) is 0.822. The highest BCUT2D eigenvalue weighted by Crippen LogP contribution is 2.60. The normalized spacial score (nSPS) is 19.6. The SMILES string of the molecule is O=C(O)c1ccccc1OCCNCC1(C2CC2)CC1. The van der Waals surface area contributed by atoms with Crippen molar-refractivity contribution in [2.75, 3.05) is 19.7 Å². The zero-order valence-electron chi connectivity index (χ0n) is 11.6. The van der Waals surface area contributed by atoms with E-state index in [-0.39, 0.29) is 5.56 Å². The molecule has 0 aromatic heterocycles. The van der Waals surface area contributed by atoms with Gasteiger partial charge in [0, 0.05) is 13.1 Å². The molecule has 1 aromatic rings. The second-order valence-electron chi connectivity index (χ2n) is 5.96. The van der Waals surface area contributed by atoms with E-state index in [0.29, 0.717) is 17.8 Å². The largest absolute Gasteiger partial charge is 0.491 e. The molecule has 0 heterocycles. The van der Waals surface area contributed by atoms with Crippen LogP contribution in [-0.2, 0) is 0 Å². The monoisotopic (exact) mass is 275 g/mol. The van der Waals surface area contributed by atoms with Crippen molar-refractivity contribution in [1.29, 1.82) is 0 Å². The maximum atomic E-state index is 11.0. The van der Waals surface area contributed by atoms with Crippen LogP contribution < -0.4 is 10.1 Å². The van der Waals surface area contributed by atoms with E-state index >= 15 is 0 Å². The van der Waals surface area contributed by atoms with Gasteiger partial charge in [0.25, 0.3) is 0 Å². The third kappa shape index (κ3) is 2.96. The lowest BCUT2D eigenvalue weighted by atomic mass is 10.0. The fraction of sp³-hybridized carbons (Fsp3) is 0.562. The topological polar surface area (TPSA) is 58.6 Å². The molecule has 0 atom stereocenters. The average Bonchev–Trinajstić information content (AvgIpc) is 3.31. The molecule has 4 heteroatoms.